The number of carbonyl (C=O) groups is 1. The summed E-state index contributed by atoms with van der Waals surface area (Å²) in [5.74, 6) is 0.0348. The van der Waals surface area contributed by atoms with E-state index in [0.29, 0.717) is 16.1 Å². The SMILES string of the molecule is CC(C)n1c(SCC(=O)Nc2ccc3ccccc3c2)nc2ccccc2c1=O. The summed E-state index contributed by atoms with van der Waals surface area (Å²) in [5.41, 5.74) is 1.32. The van der Waals surface area contributed by atoms with Gasteiger partial charge < -0.3 is 5.32 Å². The van der Waals surface area contributed by atoms with Crippen molar-refractivity contribution in [3.05, 3.63) is 77.1 Å². The Morgan fingerprint density at radius 2 is 1.76 bits per heavy atom. The van der Waals surface area contributed by atoms with Crippen molar-refractivity contribution in [1.82, 2.24) is 9.55 Å². The van der Waals surface area contributed by atoms with Crippen LogP contribution in [0.5, 0.6) is 0 Å². The van der Waals surface area contributed by atoms with Crippen LogP contribution < -0.4 is 10.9 Å². The van der Waals surface area contributed by atoms with Crippen LogP contribution in [0.3, 0.4) is 0 Å². The van der Waals surface area contributed by atoms with Gasteiger partial charge in [0.15, 0.2) is 5.16 Å². The Kier molecular flexibility index (Phi) is 5.36. The van der Waals surface area contributed by atoms with Gasteiger partial charge in [-0.05, 0) is 48.9 Å². The van der Waals surface area contributed by atoms with Gasteiger partial charge in [-0.15, -0.1) is 0 Å². The molecule has 0 fully saturated rings. The molecule has 0 saturated carbocycles. The van der Waals surface area contributed by atoms with Crippen molar-refractivity contribution in [2.24, 2.45) is 0 Å². The molecule has 0 radical (unpaired) electrons. The van der Waals surface area contributed by atoms with Gasteiger partial charge in [0.2, 0.25) is 5.91 Å². The molecule has 146 valence electrons. The zero-order valence-electron chi connectivity index (χ0n) is 16.3. The molecule has 1 N–H and O–H groups in total. The number of para-hydroxylation sites is 1. The van der Waals surface area contributed by atoms with E-state index in [-0.39, 0.29) is 23.3 Å². The quantitative estimate of drug-likeness (QED) is 0.382. The smallest absolute Gasteiger partial charge is 0.262 e. The van der Waals surface area contributed by atoms with Crippen LogP contribution in [0.1, 0.15) is 19.9 Å². The van der Waals surface area contributed by atoms with Gasteiger partial charge in [-0.2, -0.15) is 0 Å². The third-order valence-corrected chi connectivity index (χ3v) is 5.61. The van der Waals surface area contributed by atoms with Gasteiger partial charge in [-0.25, -0.2) is 4.98 Å². The number of thioether (sulfide) groups is 1. The van der Waals surface area contributed by atoms with Crippen LogP contribution in [0.2, 0.25) is 0 Å². The van der Waals surface area contributed by atoms with E-state index in [1.54, 1.807) is 10.6 Å². The maximum Gasteiger partial charge on any atom is 0.262 e. The number of hydrogen-bond acceptors (Lipinski definition) is 4. The molecule has 0 unspecified atom stereocenters. The maximum absolute atomic E-state index is 12.9. The number of carbonyl (C=O) groups excluding carboxylic acids is 1. The molecule has 0 aliphatic heterocycles. The Balaban J connectivity index is 1.54. The van der Waals surface area contributed by atoms with Gasteiger partial charge in [0.05, 0.1) is 16.7 Å². The van der Waals surface area contributed by atoms with E-state index >= 15 is 0 Å². The van der Waals surface area contributed by atoms with E-state index in [1.165, 1.54) is 11.8 Å². The minimum atomic E-state index is -0.136. The van der Waals surface area contributed by atoms with Gasteiger partial charge in [0, 0.05) is 11.7 Å². The Hall–Kier alpha value is -3.12. The number of hydrogen-bond donors (Lipinski definition) is 1. The van der Waals surface area contributed by atoms with E-state index in [9.17, 15) is 9.59 Å². The lowest BCUT2D eigenvalue weighted by Gasteiger charge is -2.16. The first-order chi connectivity index (χ1) is 14.0. The summed E-state index contributed by atoms with van der Waals surface area (Å²) in [6.45, 7) is 3.88. The summed E-state index contributed by atoms with van der Waals surface area (Å²) in [4.78, 5) is 30.0. The van der Waals surface area contributed by atoms with E-state index in [4.69, 9.17) is 0 Å². The number of benzene rings is 3. The molecular weight excluding hydrogens is 382 g/mol. The summed E-state index contributed by atoms with van der Waals surface area (Å²) in [5, 5.41) is 6.27. The lowest BCUT2D eigenvalue weighted by atomic mass is 10.1. The van der Waals surface area contributed by atoms with Crippen LogP contribution in [-0.2, 0) is 4.79 Å². The number of anilines is 1. The first kappa shape index (κ1) is 19.2. The molecule has 0 aliphatic carbocycles. The van der Waals surface area contributed by atoms with Gasteiger partial charge in [0.1, 0.15) is 0 Å². The normalized spacial score (nSPS) is 11.3. The van der Waals surface area contributed by atoms with E-state index < -0.39 is 0 Å². The second-order valence-electron chi connectivity index (χ2n) is 7.08. The Morgan fingerprint density at radius 1 is 1.03 bits per heavy atom. The summed E-state index contributed by atoms with van der Waals surface area (Å²) >= 11 is 1.28. The second-order valence-corrected chi connectivity index (χ2v) is 8.02. The minimum absolute atomic E-state index is 0.0503. The fourth-order valence-corrected chi connectivity index (χ4v) is 4.21. The molecule has 6 heteroatoms. The van der Waals surface area contributed by atoms with Gasteiger partial charge in [-0.1, -0.05) is 54.2 Å². The largest absolute Gasteiger partial charge is 0.325 e. The minimum Gasteiger partial charge on any atom is -0.325 e. The van der Waals surface area contributed by atoms with Crippen LogP contribution in [0.15, 0.2) is 76.7 Å². The molecule has 29 heavy (non-hydrogen) atoms. The fraction of sp³-hybridized carbons (Fsp3) is 0.174. The third-order valence-electron chi connectivity index (χ3n) is 4.66. The third kappa shape index (κ3) is 4.03. The number of aromatic nitrogens is 2. The zero-order valence-corrected chi connectivity index (χ0v) is 17.1. The number of nitrogens with zero attached hydrogens (tertiary/aromatic N) is 2. The van der Waals surface area contributed by atoms with Crippen LogP contribution >= 0.6 is 11.8 Å². The maximum atomic E-state index is 12.9. The van der Waals surface area contributed by atoms with Crippen molar-refractivity contribution < 1.29 is 4.79 Å². The molecule has 0 atom stereocenters. The highest BCUT2D eigenvalue weighted by molar-refractivity contribution is 7.99. The van der Waals surface area contributed by atoms with Crippen molar-refractivity contribution in [2.45, 2.75) is 25.0 Å². The van der Waals surface area contributed by atoms with Crippen molar-refractivity contribution in [1.29, 1.82) is 0 Å². The zero-order chi connectivity index (χ0) is 20.4. The first-order valence-corrected chi connectivity index (χ1v) is 10.4. The number of rotatable bonds is 5. The number of nitrogens with one attached hydrogen (secondary N) is 1. The Morgan fingerprint density at radius 3 is 2.55 bits per heavy atom. The molecular formula is C23H21N3O2S. The topological polar surface area (TPSA) is 64.0 Å². The average molecular weight is 404 g/mol. The second kappa shape index (κ2) is 8.09. The van der Waals surface area contributed by atoms with Crippen molar-refractivity contribution >= 4 is 45.0 Å². The molecule has 0 aliphatic rings. The van der Waals surface area contributed by atoms with Gasteiger partial charge in [0.25, 0.3) is 5.56 Å². The van der Waals surface area contributed by atoms with E-state index in [2.05, 4.69) is 10.3 Å². The lowest BCUT2D eigenvalue weighted by Crippen LogP contribution is -2.25. The highest BCUT2D eigenvalue weighted by Gasteiger charge is 2.15. The predicted octanol–water partition coefficient (Wildman–Crippen LogP) is 4.86. The molecule has 4 aromatic rings. The molecule has 0 saturated heterocycles. The van der Waals surface area contributed by atoms with E-state index in [0.717, 1.165) is 16.5 Å². The monoisotopic (exact) mass is 403 g/mol. The van der Waals surface area contributed by atoms with Crippen LogP contribution in [-0.4, -0.2) is 21.2 Å². The Labute approximate surface area is 172 Å². The predicted molar refractivity (Wildman–Crippen MR) is 120 cm³/mol. The lowest BCUT2D eigenvalue weighted by molar-refractivity contribution is -0.113. The molecule has 0 spiro atoms. The molecule has 4 rings (SSSR count). The summed E-state index contributed by atoms with van der Waals surface area (Å²) in [7, 11) is 0. The Bertz CT molecular complexity index is 1260. The first-order valence-electron chi connectivity index (χ1n) is 9.45. The van der Waals surface area contributed by atoms with Crippen molar-refractivity contribution in [3.63, 3.8) is 0 Å². The number of amides is 1. The fourth-order valence-electron chi connectivity index (χ4n) is 3.28. The average Bonchev–Trinajstić information content (AvgIpc) is 2.72. The van der Waals surface area contributed by atoms with Crippen LogP contribution in [0, 0.1) is 0 Å². The van der Waals surface area contributed by atoms with Crippen molar-refractivity contribution in [3.8, 4) is 0 Å². The molecule has 1 aromatic heterocycles. The van der Waals surface area contributed by atoms with Gasteiger partial charge >= 0.3 is 0 Å². The van der Waals surface area contributed by atoms with Crippen molar-refractivity contribution in [2.75, 3.05) is 11.1 Å². The summed E-state index contributed by atoms with van der Waals surface area (Å²) in [6.07, 6.45) is 0. The highest BCUT2D eigenvalue weighted by Crippen LogP contribution is 2.22. The molecule has 1 amide bonds. The molecule has 0 bridgehead atoms. The molecule has 3 aromatic carbocycles. The van der Waals surface area contributed by atoms with E-state index in [1.807, 2.05) is 74.5 Å². The highest BCUT2D eigenvalue weighted by atomic mass is 32.2. The molecule has 5 nitrogen and oxygen atoms in total. The van der Waals surface area contributed by atoms with Crippen LogP contribution in [0.25, 0.3) is 21.7 Å². The van der Waals surface area contributed by atoms with Crippen LogP contribution in [0.4, 0.5) is 5.69 Å². The van der Waals surface area contributed by atoms with Gasteiger partial charge in [-0.3, -0.25) is 14.2 Å². The standard InChI is InChI=1S/C23H21N3O2S/c1-15(2)26-22(28)19-9-5-6-10-20(19)25-23(26)29-14-21(27)24-18-12-11-16-7-3-4-8-17(16)13-18/h3-13,15H,14H2,1-2H3,(H,24,27). The molecule has 1 heterocycles. The number of fused-ring (bicyclic) bond motifs is 2. The summed E-state index contributed by atoms with van der Waals surface area (Å²) < 4.78 is 1.65. The summed E-state index contributed by atoms with van der Waals surface area (Å²) in [6, 6.07) is 21.1.